The molecule has 1 aromatic carbocycles. The Morgan fingerprint density at radius 2 is 2.28 bits per heavy atom. The molecule has 0 aliphatic carbocycles. The third kappa shape index (κ3) is 4.19. The van der Waals surface area contributed by atoms with Gasteiger partial charge < -0.3 is 10.1 Å². The molecule has 1 rings (SSSR count). The Hall–Kier alpha value is -1.27. The van der Waals surface area contributed by atoms with E-state index in [9.17, 15) is 10.1 Å². The zero-order valence-corrected chi connectivity index (χ0v) is 11.5. The molecule has 0 fully saturated rings. The number of nitrogens with one attached hydrogen (secondary N) is 1. The first-order chi connectivity index (χ1) is 8.70. The van der Waals surface area contributed by atoms with E-state index >= 15 is 0 Å². The predicted molar refractivity (Wildman–Crippen MR) is 75.3 cm³/mol. The van der Waals surface area contributed by atoms with Gasteiger partial charge in [-0.15, -0.1) is 0 Å². The van der Waals surface area contributed by atoms with E-state index in [1.807, 2.05) is 13.0 Å². The van der Waals surface area contributed by atoms with Crippen LogP contribution in [-0.2, 0) is 10.5 Å². The van der Waals surface area contributed by atoms with Crippen LogP contribution >= 0.6 is 11.8 Å². The van der Waals surface area contributed by atoms with Crippen LogP contribution in [0, 0.1) is 10.1 Å². The molecule has 0 aliphatic rings. The van der Waals surface area contributed by atoms with Crippen LogP contribution in [0.1, 0.15) is 12.5 Å². The van der Waals surface area contributed by atoms with Crippen molar-refractivity contribution in [2.24, 2.45) is 0 Å². The maximum atomic E-state index is 11.0. The quantitative estimate of drug-likeness (QED) is 0.447. The second-order valence-electron chi connectivity index (χ2n) is 3.64. The molecule has 0 saturated heterocycles. The molecule has 100 valence electrons. The van der Waals surface area contributed by atoms with Crippen molar-refractivity contribution in [2.75, 3.05) is 31.3 Å². The monoisotopic (exact) mass is 270 g/mol. The molecular formula is C12H18N2O3S. The average molecular weight is 270 g/mol. The number of hydrogen-bond acceptors (Lipinski definition) is 5. The highest BCUT2D eigenvalue weighted by molar-refractivity contribution is 7.98. The van der Waals surface area contributed by atoms with Crippen molar-refractivity contribution in [3.05, 3.63) is 33.9 Å². The van der Waals surface area contributed by atoms with Gasteiger partial charge >= 0.3 is 0 Å². The average Bonchev–Trinajstić information content (AvgIpc) is 2.36. The van der Waals surface area contributed by atoms with E-state index < -0.39 is 0 Å². The highest BCUT2D eigenvalue weighted by Gasteiger charge is 2.16. The molecule has 5 nitrogen and oxygen atoms in total. The highest BCUT2D eigenvalue weighted by atomic mass is 32.2. The first kappa shape index (κ1) is 14.8. The van der Waals surface area contributed by atoms with Crippen molar-refractivity contribution >= 4 is 23.1 Å². The van der Waals surface area contributed by atoms with Crippen LogP contribution in [-0.4, -0.2) is 30.9 Å². The minimum absolute atomic E-state index is 0.140. The lowest BCUT2D eigenvalue weighted by Gasteiger charge is -2.10. The van der Waals surface area contributed by atoms with Gasteiger partial charge in [-0.3, -0.25) is 10.1 Å². The van der Waals surface area contributed by atoms with Crippen molar-refractivity contribution < 1.29 is 9.66 Å². The van der Waals surface area contributed by atoms with Crippen molar-refractivity contribution in [1.82, 2.24) is 0 Å². The molecule has 1 aromatic rings. The maximum Gasteiger partial charge on any atom is 0.292 e. The summed E-state index contributed by atoms with van der Waals surface area (Å²) in [5.41, 5.74) is 1.74. The number of thioether (sulfide) groups is 1. The summed E-state index contributed by atoms with van der Waals surface area (Å²) in [7, 11) is 1.66. The van der Waals surface area contributed by atoms with Crippen LogP contribution in [0.15, 0.2) is 18.2 Å². The highest BCUT2D eigenvalue weighted by Crippen LogP contribution is 2.30. The number of ether oxygens (including phenoxy) is 1. The van der Waals surface area contributed by atoms with Gasteiger partial charge in [-0.1, -0.05) is 12.1 Å². The summed E-state index contributed by atoms with van der Waals surface area (Å²) in [6.45, 7) is 3.29. The molecule has 0 amide bonds. The van der Waals surface area contributed by atoms with Gasteiger partial charge in [-0.25, -0.2) is 0 Å². The fourth-order valence-corrected chi connectivity index (χ4v) is 2.45. The van der Waals surface area contributed by atoms with Crippen LogP contribution in [0.2, 0.25) is 0 Å². The van der Waals surface area contributed by atoms with Gasteiger partial charge in [-0.2, -0.15) is 11.8 Å². The Bertz CT molecular complexity index is 399. The number of hydrogen-bond donors (Lipinski definition) is 1. The third-order valence-electron chi connectivity index (χ3n) is 2.37. The van der Waals surface area contributed by atoms with E-state index in [0.717, 1.165) is 17.1 Å². The van der Waals surface area contributed by atoms with Crippen LogP contribution in [0.25, 0.3) is 0 Å². The summed E-state index contributed by atoms with van der Waals surface area (Å²) in [4.78, 5) is 10.6. The lowest BCUT2D eigenvalue weighted by molar-refractivity contribution is -0.384. The van der Waals surface area contributed by atoms with E-state index in [0.29, 0.717) is 18.8 Å². The molecule has 6 heteroatoms. The summed E-state index contributed by atoms with van der Waals surface area (Å²) in [5.74, 6) is 1.62. The fourth-order valence-electron chi connectivity index (χ4n) is 1.56. The minimum Gasteiger partial charge on any atom is -0.384 e. The lowest BCUT2D eigenvalue weighted by Crippen LogP contribution is -2.04. The molecule has 0 radical (unpaired) electrons. The molecule has 0 aliphatic heterocycles. The van der Waals surface area contributed by atoms with Gasteiger partial charge in [0.25, 0.3) is 5.69 Å². The normalized spacial score (nSPS) is 10.3. The van der Waals surface area contributed by atoms with E-state index in [-0.39, 0.29) is 10.6 Å². The van der Waals surface area contributed by atoms with E-state index in [2.05, 4.69) is 5.32 Å². The molecule has 18 heavy (non-hydrogen) atoms. The smallest absolute Gasteiger partial charge is 0.292 e. The summed E-state index contributed by atoms with van der Waals surface area (Å²) in [6, 6.07) is 5.18. The van der Waals surface area contributed by atoms with Crippen LogP contribution in [0.4, 0.5) is 11.4 Å². The molecule has 0 bridgehead atoms. The largest absolute Gasteiger partial charge is 0.384 e. The predicted octanol–water partition coefficient (Wildman–Crippen LogP) is 2.91. The Kier molecular flexibility index (Phi) is 6.53. The molecule has 0 spiro atoms. The second-order valence-corrected chi connectivity index (χ2v) is 4.75. The van der Waals surface area contributed by atoms with Crippen molar-refractivity contribution in [2.45, 2.75) is 12.7 Å². The standard InChI is InChI=1S/C12H18N2O3S/c1-3-13-12-10(9-18-8-7-17-2)5-4-6-11(12)14(15)16/h4-6,13H,3,7-9H2,1-2H3. The summed E-state index contributed by atoms with van der Waals surface area (Å²) < 4.78 is 4.97. The minimum atomic E-state index is -0.346. The van der Waals surface area contributed by atoms with Gasteiger partial charge in [0.05, 0.1) is 11.5 Å². The fraction of sp³-hybridized carbons (Fsp3) is 0.500. The number of anilines is 1. The number of benzene rings is 1. The molecule has 0 heterocycles. The summed E-state index contributed by atoms with van der Waals surface area (Å²) in [6.07, 6.45) is 0. The first-order valence-corrected chi connectivity index (χ1v) is 6.93. The molecule has 0 unspecified atom stereocenters. The van der Waals surface area contributed by atoms with E-state index in [4.69, 9.17) is 4.74 Å². The first-order valence-electron chi connectivity index (χ1n) is 5.77. The summed E-state index contributed by atoms with van der Waals surface area (Å²) >= 11 is 1.70. The van der Waals surface area contributed by atoms with Crippen LogP contribution in [0.5, 0.6) is 0 Å². The zero-order chi connectivity index (χ0) is 13.4. The molecule has 0 aromatic heterocycles. The van der Waals surface area contributed by atoms with Gasteiger partial charge in [-0.05, 0) is 12.5 Å². The molecule has 1 N–H and O–H groups in total. The zero-order valence-electron chi connectivity index (χ0n) is 10.6. The SMILES string of the molecule is CCNc1c(CSCCOC)cccc1[N+](=O)[O-]. The molecule has 0 atom stereocenters. The van der Waals surface area contributed by atoms with Gasteiger partial charge in [0.1, 0.15) is 5.69 Å². The maximum absolute atomic E-state index is 11.0. The number of rotatable bonds is 8. The molecular weight excluding hydrogens is 252 g/mol. The Balaban J connectivity index is 2.81. The van der Waals surface area contributed by atoms with Gasteiger partial charge in [0.2, 0.25) is 0 Å². The van der Waals surface area contributed by atoms with Crippen molar-refractivity contribution in [1.29, 1.82) is 0 Å². The number of nitrogens with zero attached hydrogens (tertiary/aromatic N) is 1. The number of para-hydroxylation sites is 1. The third-order valence-corrected chi connectivity index (χ3v) is 3.34. The Morgan fingerprint density at radius 1 is 1.50 bits per heavy atom. The Labute approximate surface area is 111 Å². The van der Waals surface area contributed by atoms with E-state index in [1.165, 1.54) is 6.07 Å². The van der Waals surface area contributed by atoms with E-state index in [1.54, 1.807) is 24.9 Å². The number of nitro groups is 1. The number of nitro benzene ring substituents is 1. The topological polar surface area (TPSA) is 64.4 Å². The second kappa shape index (κ2) is 7.94. The summed E-state index contributed by atoms with van der Waals surface area (Å²) in [5, 5.41) is 14.0. The lowest BCUT2D eigenvalue weighted by atomic mass is 10.1. The van der Waals surface area contributed by atoms with Crippen LogP contribution < -0.4 is 5.32 Å². The van der Waals surface area contributed by atoms with Gasteiger partial charge in [0, 0.05) is 31.2 Å². The number of methoxy groups -OCH3 is 1. The van der Waals surface area contributed by atoms with Gasteiger partial charge in [0.15, 0.2) is 0 Å². The van der Waals surface area contributed by atoms with Crippen molar-refractivity contribution in [3.63, 3.8) is 0 Å². The van der Waals surface area contributed by atoms with Crippen molar-refractivity contribution in [3.8, 4) is 0 Å². The molecule has 0 saturated carbocycles. The van der Waals surface area contributed by atoms with Crippen LogP contribution in [0.3, 0.4) is 0 Å². The Morgan fingerprint density at radius 3 is 2.89 bits per heavy atom.